The standard InChI is InChI=1S/C14H26N2/c1-10-6-14(15)4-5-16(10)9-13-8-11-2-3-12(13)7-11/h10-14H,2-9,15H2,1H3. The summed E-state index contributed by atoms with van der Waals surface area (Å²) in [5.74, 6) is 3.20. The molecule has 2 bridgehead atoms. The molecule has 1 saturated heterocycles. The number of likely N-dealkylation sites (tertiary alicyclic amines) is 1. The Morgan fingerprint density at radius 2 is 2.00 bits per heavy atom. The van der Waals surface area contributed by atoms with Gasteiger partial charge in [-0.15, -0.1) is 0 Å². The van der Waals surface area contributed by atoms with Crippen LogP contribution in [-0.2, 0) is 0 Å². The van der Waals surface area contributed by atoms with Gasteiger partial charge in [-0.1, -0.05) is 6.42 Å². The van der Waals surface area contributed by atoms with E-state index in [0.29, 0.717) is 6.04 Å². The highest BCUT2D eigenvalue weighted by atomic mass is 15.2. The number of nitrogens with two attached hydrogens (primary N) is 1. The predicted molar refractivity (Wildman–Crippen MR) is 67.2 cm³/mol. The molecule has 3 rings (SSSR count). The molecule has 2 N–H and O–H groups in total. The molecule has 5 unspecified atom stereocenters. The molecule has 0 spiro atoms. The minimum absolute atomic E-state index is 0.464. The number of rotatable bonds is 2. The molecule has 5 atom stereocenters. The van der Waals surface area contributed by atoms with Crippen molar-refractivity contribution in [2.75, 3.05) is 13.1 Å². The Bertz CT molecular complexity index is 253. The van der Waals surface area contributed by atoms with Crippen LogP contribution in [-0.4, -0.2) is 30.1 Å². The summed E-state index contributed by atoms with van der Waals surface area (Å²) in [4.78, 5) is 2.72. The molecule has 2 aliphatic carbocycles. The van der Waals surface area contributed by atoms with E-state index in [1.165, 1.54) is 45.2 Å². The molecule has 3 fully saturated rings. The van der Waals surface area contributed by atoms with Gasteiger partial charge >= 0.3 is 0 Å². The zero-order valence-electron chi connectivity index (χ0n) is 10.6. The summed E-state index contributed by atoms with van der Waals surface area (Å²) in [6, 6.07) is 1.19. The Hall–Kier alpha value is -0.0800. The highest BCUT2D eigenvalue weighted by Gasteiger charge is 2.40. The predicted octanol–water partition coefficient (Wildman–Crippen LogP) is 2.23. The first-order chi connectivity index (χ1) is 7.72. The third-order valence-corrected chi connectivity index (χ3v) is 5.41. The molecular weight excluding hydrogens is 196 g/mol. The van der Waals surface area contributed by atoms with E-state index in [0.717, 1.165) is 23.8 Å². The number of piperidine rings is 1. The first-order valence-electron chi connectivity index (χ1n) is 7.22. The summed E-state index contributed by atoms with van der Waals surface area (Å²) >= 11 is 0. The van der Waals surface area contributed by atoms with Crippen molar-refractivity contribution < 1.29 is 0 Å². The van der Waals surface area contributed by atoms with Crippen molar-refractivity contribution in [3.8, 4) is 0 Å². The summed E-state index contributed by atoms with van der Waals surface area (Å²) in [7, 11) is 0. The zero-order chi connectivity index (χ0) is 11.1. The highest BCUT2D eigenvalue weighted by Crippen LogP contribution is 2.48. The van der Waals surface area contributed by atoms with Gasteiger partial charge in [0, 0.05) is 18.6 Å². The van der Waals surface area contributed by atoms with Crippen molar-refractivity contribution in [3.05, 3.63) is 0 Å². The van der Waals surface area contributed by atoms with Crippen molar-refractivity contribution in [2.45, 2.75) is 57.5 Å². The lowest BCUT2D eigenvalue weighted by Gasteiger charge is -2.39. The lowest BCUT2D eigenvalue weighted by molar-refractivity contribution is 0.108. The van der Waals surface area contributed by atoms with Crippen LogP contribution in [0, 0.1) is 17.8 Å². The Kier molecular flexibility index (Phi) is 2.97. The van der Waals surface area contributed by atoms with Crippen molar-refractivity contribution in [3.63, 3.8) is 0 Å². The van der Waals surface area contributed by atoms with Crippen LogP contribution in [0.15, 0.2) is 0 Å². The molecule has 1 heterocycles. The molecule has 0 aromatic rings. The summed E-state index contributed by atoms with van der Waals surface area (Å²) in [6.45, 7) is 4.98. The SMILES string of the molecule is CC1CC(N)CCN1CC1CC2CCC1C2. The summed E-state index contributed by atoms with van der Waals surface area (Å²) in [5.41, 5.74) is 6.03. The average molecular weight is 222 g/mol. The van der Waals surface area contributed by atoms with Crippen molar-refractivity contribution in [1.82, 2.24) is 4.90 Å². The number of fused-ring (bicyclic) bond motifs is 2. The van der Waals surface area contributed by atoms with Crippen LogP contribution in [0.4, 0.5) is 0 Å². The second-order valence-corrected chi connectivity index (χ2v) is 6.56. The van der Waals surface area contributed by atoms with Crippen molar-refractivity contribution in [2.24, 2.45) is 23.5 Å². The van der Waals surface area contributed by atoms with E-state index < -0.39 is 0 Å². The topological polar surface area (TPSA) is 29.3 Å². The van der Waals surface area contributed by atoms with E-state index in [1.807, 2.05) is 0 Å². The quantitative estimate of drug-likeness (QED) is 0.776. The van der Waals surface area contributed by atoms with Crippen LogP contribution in [0.25, 0.3) is 0 Å². The molecule has 0 aromatic carbocycles. The summed E-state index contributed by atoms with van der Waals surface area (Å²) in [6.07, 6.45) is 8.55. The molecule has 0 radical (unpaired) electrons. The van der Waals surface area contributed by atoms with Crippen LogP contribution in [0.3, 0.4) is 0 Å². The zero-order valence-corrected chi connectivity index (χ0v) is 10.6. The van der Waals surface area contributed by atoms with Gasteiger partial charge in [-0.2, -0.15) is 0 Å². The van der Waals surface area contributed by atoms with E-state index in [2.05, 4.69) is 11.8 Å². The van der Waals surface area contributed by atoms with Crippen LogP contribution in [0.1, 0.15) is 45.4 Å². The molecule has 16 heavy (non-hydrogen) atoms. The molecule has 0 aromatic heterocycles. The maximum atomic E-state index is 6.03. The van der Waals surface area contributed by atoms with Crippen molar-refractivity contribution >= 4 is 0 Å². The minimum atomic E-state index is 0.464. The maximum absolute atomic E-state index is 6.03. The van der Waals surface area contributed by atoms with Gasteiger partial charge in [0.15, 0.2) is 0 Å². The number of hydrogen-bond acceptors (Lipinski definition) is 2. The highest BCUT2D eigenvalue weighted by molar-refractivity contribution is 4.92. The molecule has 92 valence electrons. The van der Waals surface area contributed by atoms with Gasteiger partial charge < -0.3 is 10.6 Å². The summed E-state index contributed by atoms with van der Waals surface area (Å²) in [5, 5.41) is 0. The van der Waals surface area contributed by atoms with Crippen LogP contribution < -0.4 is 5.73 Å². The van der Waals surface area contributed by atoms with E-state index in [-0.39, 0.29) is 0 Å². The van der Waals surface area contributed by atoms with Gasteiger partial charge in [0.1, 0.15) is 0 Å². The van der Waals surface area contributed by atoms with Gasteiger partial charge in [-0.05, 0) is 63.3 Å². The maximum Gasteiger partial charge on any atom is 0.00817 e. The third kappa shape index (κ3) is 2.02. The molecule has 0 amide bonds. The lowest BCUT2D eigenvalue weighted by atomic mass is 9.87. The Morgan fingerprint density at radius 1 is 1.12 bits per heavy atom. The fourth-order valence-corrected chi connectivity index (χ4v) is 4.43. The Labute approximate surface area is 99.6 Å². The molecule has 1 aliphatic heterocycles. The molecule has 2 saturated carbocycles. The van der Waals surface area contributed by atoms with E-state index in [4.69, 9.17) is 5.73 Å². The van der Waals surface area contributed by atoms with Crippen LogP contribution in [0.5, 0.6) is 0 Å². The normalized spacial score (nSPS) is 48.8. The fourth-order valence-electron chi connectivity index (χ4n) is 4.43. The molecular formula is C14H26N2. The monoisotopic (exact) mass is 222 g/mol. The third-order valence-electron chi connectivity index (χ3n) is 5.41. The first kappa shape index (κ1) is 11.0. The second kappa shape index (κ2) is 4.30. The Morgan fingerprint density at radius 3 is 2.62 bits per heavy atom. The Balaban J connectivity index is 1.55. The lowest BCUT2D eigenvalue weighted by Crippen LogP contribution is -2.47. The molecule has 2 nitrogen and oxygen atoms in total. The van der Waals surface area contributed by atoms with E-state index >= 15 is 0 Å². The van der Waals surface area contributed by atoms with Crippen molar-refractivity contribution in [1.29, 1.82) is 0 Å². The summed E-state index contributed by atoms with van der Waals surface area (Å²) < 4.78 is 0. The average Bonchev–Trinajstić information content (AvgIpc) is 2.84. The van der Waals surface area contributed by atoms with Crippen LogP contribution >= 0.6 is 0 Å². The van der Waals surface area contributed by atoms with Gasteiger partial charge in [-0.3, -0.25) is 0 Å². The minimum Gasteiger partial charge on any atom is -0.328 e. The van der Waals surface area contributed by atoms with Crippen LogP contribution in [0.2, 0.25) is 0 Å². The largest absolute Gasteiger partial charge is 0.328 e. The molecule has 3 aliphatic rings. The number of nitrogens with zero attached hydrogens (tertiary/aromatic N) is 1. The second-order valence-electron chi connectivity index (χ2n) is 6.56. The molecule has 2 heteroatoms. The number of hydrogen-bond donors (Lipinski definition) is 1. The first-order valence-corrected chi connectivity index (χ1v) is 7.22. The van der Waals surface area contributed by atoms with E-state index in [9.17, 15) is 0 Å². The van der Waals surface area contributed by atoms with Gasteiger partial charge in [-0.25, -0.2) is 0 Å². The fraction of sp³-hybridized carbons (Fsp3) is 1.00. The smallest absolute Gasteiger partial charge is 0.00817 e. The van der Waals surface area contributed by atoms with Gasteiger partial charge in [0.25, 0.3) is 0 Å². The van der Waals surface area contributed by atoms with Gasteiger partial charge in [0.2, 0.25) is 0 Å². The van der Waals surface area contributed by atoms with E-state index in [1.54, 1.807) is 6.42 Å². The van der Waals surface area contributed by atoms with Gasteiger partial charge in [0.05, 0.1) is 0 Å².